The van der Waals surface area contributed by atoms with Crippen molar-refractivity contribution < 1.29 is 4.79 Å². The molecular weight excluding hydrogens is 244 g/mol. The van der Waals surface area contributed by atoms with Crippen molar-refractivity contribution in [2.24, 2.45) is 7.05 Å². The molecule has 76 valence electrons. The van der Waals surface area contributed by atoms with Gasteiger partial charge >= 0.3 is 0 Å². The molecule has 0 bridgehead atoms. The highest BCUT2D eigenvalue weighted by Gasteiger charge is 2.39. The molecule has 0 unspecified atom stereocenters. The van der Waals surface area contributed by atoms with E-state index in [4.69, 9.17) is 0 Å². The van der Waals surface area contributed by atoms with Crippen LogP contribution in [0.5, 0.6) is 0 Å². The number of amides is 1. The van der Waals surface area contributed by atoms with E-state index in [-0.39, 0.29) is 11.4 Å². The largest absolute Gasteiger partial charge is 0.346 e. The van der Waals surface area contributed by atoms with Gasteiger partial charge in [-0.2, -0.15) is 0 Å². The fraction of sp³-hybridized carbons (Fsp3) is 0.500. The average molecular weight is 257 g/mol. The van der Waals surface area contributed by atoms with Crippen LogP contribution < -0.4 is 5.32 Å². The summed E-state index contributed by atoms with van der Waals surface area (Å²) in [6, 6.07) is 1.83. The van der Waals surface area contributed by atoms with Gasteiger partial charge in [-0.15, -0.1) is 0 Å². The molecule has 0 radical (unpaired) electrons. The number of rotatable bonds is 2. The lowest BCUT2D eigenvalue weighted by atomic mass is 10.3. The predicted molar refractivity (Wildman–Crippen MR) is 58.2 cm³/mol. The summed E-state index contributed by atoms with van der Waals surface area (Å²) in [5, 5.41) is 3.02. The molecule has 1 aliphatic carbocycles. The van der Waals surface area contributed by atoms with Gasteiger partial charge in [0.1, 0.15) is 5.69 Å². The van der Waals surface area contributed by atoms with Crippen molar-refractivity contribution in [1.29, 1.82) is 0 Å². The maximum absolute atomic E-state index is 11.8. The molecule has 1 saturated carbocycles. The van der Waals surface area contributed by atoms with Crippen LogP contribution in [0.4, 0.5) is 0 Å². The first-order valence-electron chi connectivity index (χ1n) is 4.65. The SMILES string of the molecule is Cn1cc(Br)cc1C(=O)NC1(C)CC1. The molecule has 0 saturated heterocycles. The minimum Gasteiger partial charge on any atom is -0.346 e. The van der Waals surface area contributed by atoms with Gasteiger partial charge in [-0.05, 0) is 41.8 Å². The molecule has 1 heterocycles. The molecule has 1 N–H and O–H groups in total. The van der Waals surface area contributed by atoms with Gasteiger partial charge in [0, 0.05) is 23.3 Å². The van der Waals surface area contributed by atoms with Crippen LogP contribution in [0.3, 0.4) is 0 Å². The molecule has 1 fully saturated rings. The second-order valence-corrected chi connectivity index (χ2v) is 5.08. The molecule has 14 heavy (non-hydrogen) atoms. The summed E-state index contributed by atoms with van der Waals surface area (Å²) < 4.78 is 2.76. The highest BCUT2D eigenvalue weighted by molar-refractivity contribution is 9.10. The lowest BCUT2D eigenvalue weighted by molar-refractivity contribution is 0.0927. The molecule has 1 aliphatic rings. The van der Waals surface area contributed by atoms with Crippen LogP contribution in [0, 0.1) is 0 Å². The zero-order valence-corrected chi connectivity index (χ0v) is 9.89. The number of aryl methyl sites for hydroxylation is 1. The fourth-order valence-corrected chi connectivity index (χ4v) is 1.92. The Kier molecular flexibility index (Phi) is 2.18. The van der Waals surface area contributed by atoms with Crippen molar-refractivity contribution in [3.63, 3.8) is 0 Å². The van der Waals surface area contributed by atoms with Crippen LogP contribution >= 0.6 is 15.9 Å². The number of nitrogens with one attached hydrogen (secondary N) is 1. The van der Waals surface area contributed by atoms with Crippen molar-refractivity contribution in [2.45, 2.75) is 25.3 Å². The minimum atomic E-state index is 0.0122. The molecule has 4 heteroatoms. The van der Waals surface area contributed by atoms with E-state index >= 15 is 0 Å². The standard InChI is InChI=1S/C10H13BrN2O/c1-10(3-4-10)12-9(14)8-5-7(11)6-13(8)2/h5-6H,3-4H2,1-2H3,(H,12,14). The number of hydrogen-bond acceptors (Lipinski definition) is 1. The molecule has 0 spiro atoms. The van der Waals surface area contributed by atoms with E-state index in [0.29, 0.717) is 5.69 Å². The van der Waals surface area contributed by atoms with Crippen LogP contribution in [0.2, 0.25) is 0 Å². The lowest BCUT2D eigenvalue weighted by Gasteiger charge is -2.11. The Morgan fingerprint density at radius 3 is 2.71 bits per heavy atom. The molecule has 1 aromatic heterocycles. The maximum Gasteiger partial charge on any atom is 0.268 e. The van der Waals surface area contributed by atoms with Crippen molar-refractivity contribution in [1.82, 2.24) is 9.88 Å². The summed E-state index contributed by atoms with van der Waals surface area (Å²) in [6.45, 7) is 2.07. The second-order valence-electron chi connectivity index (χ2n) is 4.17. The molecule has 1 aromatic rings. The summed E-state index contributed by atoms with van der Waals surface area (Å²) in [4.78, 5) is 11.8. The van der Waals surface area contributed by atoms with Gasteiger partial charge in [0.25, 0.3) is 5.91 Å². The fourth-order valence-electron chi connectivity index (χ4n) is 1.40. The summed E-state index contributed by atoms with van der Waals surface area (Å²) in [5.41, 5.74) is 0.749. The van der Waals surface area contributed by atoms with Crippen molar-refractivity contribution >= 4 is 21.8 Å². The quantitative estimate of drug-likeness (QED) is 0.864. The van der Waals surface area contributed by atoms with E-state index in [2.05, 4.69) is 28.2 Å². The molecular formula is C10H13BrN2O. The number of carbonyl (C=O) groups excluding carboxylic acids is 1. The third-order valence-corrected chi connectivity index (χ3v) is 3.05. The van der Waals surface area contributed by atoms with Crippen LogP contribution in [0.15, 0.2) is 16.7 Å². The Morgan fingerprint density at radius 2 is 2.29 bits per heavy atom. The van der Waals surface area contributed by atoms with Gasteiger partial charge in [0.2, 0.25) is 0 Å². The molecule has 0 atom stereocenters. The Morgan fingerprint density at radius 1 is 1.64 bits per heavy atom. The van der Waals surface area contributed by atoms with Gasteiger partial charge in [-0.1, -0.05) is 0 Å². The number of halogens is 1. The monoisotopic (exact) mass is 256 g/mol. The first-order chi connectivity index (χ1) is 6.50. The van der Waals surface area contributed by atoms with Gasteiger partial charge in [-0.25, -0.2) is 0 Å². The first kappa shape index (κ1) is 9.77. The Labute approximate surface area is 91.6 Å². The van der Waals surface area contributed by atoms with E-state index in [1.807, 2.05) is 23.9 Å². The van der Waals surface area contributed by atoms with Gasteiger partial charge in [-0.3, -0.25) is 4.79 Å². The Balaban J connectivity index is 2.14. The Hall–Kier alpha value is -0.770. The summed E-state index contributed by atoms with van der Waals surface area (Å²) in [7, 11) is 1.87. The number of nitrogens with zero attached hydrogens (tertiary/aromatic N) is 1. The maximum atomic E-state index is 11.8. The molecule has 0 aromatic carbocycles. The number of carbonyl (C=O) groups is 1. The molecule has 0 aliphatic heterocycles. The molecule has 1 amide bonds. The van der Waals surface area contributed by atoms with Crippen LogP contribution in [0.1, 0.15) is 30.3 Å². The lowest BCUT2D eigenvalue weighted by Crippen LogP contribution is -2.35. The van der Waals surface area contributed by atoms with E-state index in [9.17, 15) is 4.79 Å². The van der Waals surface area contributed by atoms with Crippen molar-refractivity contribution in [3.05, 3.63) is 22.4 Å². The van der Waals surface area contributed by atoms with Crippen LogP contribution in [0.25, 0.3) is 0 Å². The van der Waals surface area contributed by atoms with Crippen molar-refractivity contribution in [2.75, 3.05) is 0 Å². The highest BCUT2D eigenvalue weighted by atomic mass is 79.9. The predicted octanol–water partition coefficient (Wildman–Crippen LogP) is 2.07. The minimum absolute atomic E-state index is 0.0122. The molecule has 2 rings (SSSR count). The van der Waals surface area contributed by atoms with E-state index in [1.54, 1.807) is 0 Å². The average Bonchev–Trinajstić information content (AvgIpc) is 2.68. The van der Waals surface area contributed by atoms with Crippen LogP contribution in [-0.4, -0.2) is 16.0 Å². The smallest absolute Gasteiger partial charge is 0.268 e. The number of hydrogen-bond donors (Lipinski definition) is 1. The topological polar surface area (TPSA) is 34.0 Å². The van der Waals surface area contributed by atoms with Crippen LogP contribution in [-0.2, 0) is 7.05 Å². The van der Waals surface area contributed by atoms with E-state index in [0.717, 1.165) is 17.3 Å². The summed E-state index contributed by atoms with van der Waals surface area (Å²) >= 11 is 3.35. The first-order valence-corrected chi connectivity index (χ1v) is 5.44. The summed E-state index contributed by atoms with van der Waals surface area (Å²) in [6.07, 6.45) is 4.05. The van der Waals surface area contributed by atoms with Crippen molar-refractivity contribution in [3.8, 4) is 0 Å². The molecule has 3 nitrogen and oxygen atoms in total. The number of aromatic nitrogens is 1. The summed E-state index contributed by atoms with van der Waals surface area (Å²) in [5.74, 6) is 0.0122. The van der Waals surface area contributed by atoms with E-state index in [1.165, 1.54) is 0 Å². The van der Waals surface area contributed by atoms with Gasteiger partial charge in [0.15, 0.2) is 0 Å². The third kappa shape index (κ3) is 1.85. The zero-order chi connectivity index (χ0) is 10.3. The third-order valence-electron chi connectivity index (χ3n) is 2.62. The van der Waals surface area contributed by atoms with E-state index < -0.39 is 0 Å². The zero-order valence-electron chi connectivity index (χ0n) is 8.30. The highest BCUT2D eigenvalue weighted by Crippen LogP contribution is 2.34. The normalized spacial score (nSPS) is 17.9. The Bertz CT molecular complexity index is 379. The van der Waals surface area contributed by atoms with Gasteiger partial charge in [0.05, 0.1) is 0 Å². The van der Waals surface area contributed by atoms with Gasteiger partial charge < -0.3 is 9.88 Å². The second kappa shape index (κ2) is 3.12.